The Bertz CT molecular complexity index is 881. The van der Waals surface area contributed by atoms with Gasteiger partial charge in [0.25, 0.3) is 5.69 Å². The number of hydrogen-bond donors (Lipinski definition) is 1. The van der Waals surface area contributed by atoms with E-state index in [0.29, 0.717) is 5.69 Å². The van der Waals surface area contributed by atoms with Crippen LogP contribution in [-0.2, 0) is 5.41 Å². The molecule has 1 N–H and O–H groups in total. The second kappa shape index (κ2) is 8.50. The summed E-state index contributed by atoms with van der Waals surface area (Å²) in [7, 11) is 0. The van der Waals surface area contributed by atoms with E-state index in [1.54, 1.807) is 31.2 Å². The molecule has 6 nitrogen and oxygen atoms in total. The van der Waals surface area contributed by atoms with Crippen molar-refractivity contribution in [2.75, 3.05) is 0 Å². The van der Waals surface area contributed by atoms with Crippen LogP contribution in [0.5, 0.6) is 5.75 Å². The van der Waals surface area contributed by atoms with Crippen molar-refractivity contribution in [1.82, 2.24) is 0 Å². The Kier molecular flexibility index (Phi) is 7.07. The molecular formula is C22H31N3O3. The fourth-order valence-electron chi connectivity index (χ4n) is 3.42. The molecule has 2 aromatic rings. The van der Waals surface area contributed by atoms with E-state index in [2.05, 4.69) is 44.8 Å². The fraction of sp³-hybridized carbons (Fsp3) is 0.455. The molecule has 0 bridgehead atoms. The minimum Gasteiger partial charge on any atom is -0.506 e. The second-order valence-electron chi connectivity index (χ2n) is 8.77. The zero-order valence-electron chi connectivity index (χ0n) is 16.8. The largest absolute Gasteiger partial charge is 0.506 e. The smallest absolute Gasteiger partial charge is 0.296 e. The summed E-state index contributed by atoms with van der Waals surface area (Å²) in [5.41, 5.74) is 2.17. The number of aromatic hydroxyl groups is 1. The lowest BCUT2D eigenvalue weighted by Gasteiger charge is -2.33. The van der Waals surface area contributed by atoms with Crippen molar-refractivity contribution in [3.05, 3.63) is 57.6 Å². The van der Waals surface area contributed by atoms with Crippen molar-refractivity contribution in [3.63, 3.8) is 0 Å². The zero-order valence-corrected chi connectivity index (χ0v) is 16.8. The van der Waals surface area contributed by atoms with Gasteiger partial charge in [-0.25, -0.2) is 0 Å². The molecule has 0 aliphatic heterocycles. The van der Waals surface area contributed by atoms with Crippen LogP contribution in [0.1, 0.15) is 59.6 Å². The first kappa shape index (κ1) is 23.3. The zero-order chi connectivity index (χ0) is 20.4. The van der Waals surface area contributed by atoms with Gasteiger partial charge in [0.1, 0.15) is 11.4 Å². The van der Waals surface area contributed by atoms with E-state index in [9.17, 15) is 15.2 Å². The Balaban J connectivity index is 0.00000392. The average Bonchev–Trinajstić information content (AvgIpc) is 2.52. The predicted molar refractivity (Wildman–Crippen MR) is 114 cm³/mol. The van der Waals surface area contributed by atoms with Crippen molar-refractivity contribution in [3.8, 4) is 5.75 Å². The number of rotatable bonds is 5. The Labute approximate surface area is 167 Å². The van der Waals surface area contributed by atoms with Crippen LogP contribution in [-0.4, -0.2) is 10.0 Å². The number of nitro benzene ring substituents is 1. The number of phenols is 1. The summed E-state index contributed by atoms with van der Waals surface area (Å²) in [5.74, 6) is -0.0103. The Morgan fingerprint density at radius 1 is 1.00 bits per heavy atom. The highest BCUT2D eigenvalue weighted by Gasteiger charge is 2.28. The van der Waals surface area contributed by atoms with Crippen molar-refractivity contribution in [2.45, 2.75) is 60.8 Å². The highest BCUT2D eigenvalue weighted by molar-refractivity contribution is 5.59. The van der Waals surface area contributed by atoms with Crippen LogP contribution in [0.2, 0.25) is 0 Å². The molecule has 2 rings (SSSR count). The predicted octanol–water partition coefficient (Wildman–Crippen LogP) is 7.37. The van der Waals surface area contributed by atoms with Crippen LogP contribution in [0.25, 0.3) is 0 Å². The molecule has 2 aromatic carbocycles. The van der Waals surface area contributed by atoms with Crippen LogP contribution in [0.4, 0.5) is 17.1 Å². The summed E-state index contributed by atoms with van der Waals surface area (Å²) in [6.07, 6.45) is 0.949. The molecule has 28 heavy (non-hydrogen) atoms. The number of benzene rings is 2. The van der Waals surface area contributed by atoms with Crippen LogP contribution >= 0.6 is 0 Å². The maximum atomic E-state index is 11.2. The van der Waals surface area contributed by atoms with Crippen LogP contribution in [0, 0.1) is 22.5 Å². The Hall–Kier alpha value is -2.76. The topological polar surface area (TPSA) is 88.1 Å². The summed E-state index contributed by atoms with van der Waals surface area (Å²) in [6, 6.07) is 10.0. The van der Waals surface area contributed by atoms with Gasteiger partial charge in [0.2, 0.25) is 0 Å². The quantitative estimate of drug-likeness (QED) is 0.331. The molecule has 152 valence electrons. The average molecular weight is 386 g/mol. The van der Waals surface area contributed by atoms with Crippen molar-refractivity contribution < 1.29 is 10.0 Å². The molecule has 0 unspecified atom stereocenters. The molecule has 0 amide bonds. The SMILES string of the molecule is C.Cc1ccc(N=Nc2cc(C(C)(C)CC(C)(C)C)ccc2O)c([N+](=O)[O-])c1. The molecule has 0 spiro atoms. The van der Waals surface area contributed by atoms with E-state index < -0.39 is 4.92 Å². The summed E-state index contributed by atoms with van der Waals surface area (Å²) in [5, 5.41) is 29.5. The summed E-state index contributed by atoms with van der Waals surface area (Å²) in [6.45, 7) is 12.6. The van der Waals surface area contributed by atoms with Gasteiger partial charge in [-0.3, -0.25) is 10.1 Å². The monoisotopic (exact) mass is 385 g/mol. The van der Waals surface area contributed by atoms with Crippen molar-refractivity contribution in [2.24, 2.45) is 15.6 Å². The lowest BCUT2D eigenvalue weighted by molar-refractivity contribution is -0.384. The van der Waals surface area contributed by atoms with E-state index in [4.69, 9.17) is 0 Å². The molecule has 0 aromatic heterocycles. The maximum absolute atomic E-state index is 11.2. The van der Waals surface area contributed by atoms with Crippen LogP contribution in [0.3, 0.4) is 0 Å². The Morgan fingerprint density at radius 3 is 2.18 bits per heavy atom. The number of nitro groups is 1. The third-order valence-corrected chi connectivity index (χ3v) is 4.32. The number of azo groups is 1. The lowest BCUT2D eigenvalue weighted by Crippen LogP contribution is -2.24. The maximum Gasteiger partial charge on any atom is 0.296 e. The first-order valence-corrected chi connectivity index (χ1v) is 8.89. The van der Waals surface area contributed by atoms with Gasteiger partial charge < -0.3 is 5.11 Å². The highest BCUT2D eigenvalue weighted by Crippen LogP contribution is 2.40. The van der Waals surface area contributed by atoms with Crippen molar-refractivity contribution >= 4 is 17.1 Å². The van der Waals surface area contributed by atoms with Gasteiger partial charge in [-0.2, -0.15) is 0 Å². The van der Waals surface area contributed by atoms with Gasteiger partial charge in [0.05, 0.1) is 4.92 Å². The molecule has 0 aliphatic rings. The summed E-state index contributed by atoms with van der Waals surface area (Å²) in [4.78, 5) is 10.7. The first-order chi connectivity index (χ1) is 12.4. The molecule has 0 saturated carbocycles. The molecule has 0 radical (unpaired) electrons. The lowest BCUT2D eigenvalue weighted by atomic mass is 9.72. The molecule has 0 aliphatic carbocycles. The molecule has 0 saturated heterocycles. The highest BCUT2D eigenvalue weighted by atomic mass is 16.6. The van der Waals surface area contributed by atoms with Gasteiger partial charge in [-0.1, -0.05) is 54.2 Å². The number of phenolic OH excluding ortho intramolecular Hbond substituents is 1. The second-order valence-corrected chi connectivity index (χ2v) is 8.77. The normalized spacial score (nSPS) is 12.1. The fourth-order valence-corrected chi connectivity index (χ4v) is 3.42. The minimum atomic E-state index is -0.482. The van der Waals surface area contributed by atoms with Gasteiger partial charge >= 0.3 is 0 Å². The molecule has 0 fully saturated rings. The number of hydrogen-bond acceptors (Lipinski definition) is 5. The van der Waals surface area contributed by atoms with Gasteiger partial charge in [0, 0.05) is 6.07 Å². The third kappa shape index (κ3) is 5.87. The molecular weight excluding hydrogens is 354 g/mol. The molecule has 0 heterocycles. The third-order valence-electron chi connectivity index (χ3n) is 4.32. The molecule has 0 atom stereocenters. The van der Waals surface area contributed by atoms with Crippen molar-refractivity contribution in [1.29, 1.82) is 0 Å². The Morgan fingerprint density at radius 2 is 1.61 bits per heavy atom. The van der Waals surface area contributed by atoms with E-state index in [1.807, 2.05) is 6.07 Å². The minimum absolute atomic E-state index is 0. The van der Waals surface area contributed by atoms with Gasteiger partial charge in [-0.05, 0) is 53.5 Å². The van der Waals surface area contributed by atoms with Gasteiger partial charge in [-0.15, -0.1) is 10.2 Å². The number of nitrogens with zero attached hydrogens (tertiary/aromatic N) is 3. The van der Waals surface area contributed by atoms with E-state index in [1.165, 1.54) is 6.07 Å². The summed E-state index contributed by atoms with van der Waals surface area (Å²) < 4.78 is 0. The van der Waals surface area contributed by atoms with E-state index in [0.717, 1.165) is 17.5 Å². The first-order valence-electron chi connectivity index (χ1n) is 8.89. The van der Waals surface area contributed by atoms with Crippen LogP contribution in [0.15, 0.2) is 46.6 Å². The van der Waals surface area contributed by atoms with Crippen LogP contribution < -0.4 is 0 Å². The summed E-state index contributed by atoms with van der Waals surface area (Å²) >= 11 is 0. The van der Waals surface area contributed by atoms with E-state index in [-0.39, 0.29) is 35.4 Å². The standard InChI is InChI=1S/C21H27N3O3.CH4/c1-14-7-9-16(18(11-14)24(26)27)22-23-17-12-15(8-10-19(17)25)21(5,6)13-20(2,3)4;/h7-12,25H,13H2,1-6H3;1H4. The van der Waals surface area contributed by atoms with Gasteiger partial charge in [0.15, 0.2) is 5.69 Å². The molecule has 6 heteroatoms. The van der Waals surface area contributed by atoms with E-state index >= 15 is 0 Å². The number of aryl methyl sites for hydroxylation is 1.